The van der Waals surface area contributed by atoms with Crippen molar-refractivity contribution in [3.8, 4) is 0 Å². The van der Waals surface area contributed by atoms with Gasteiger partial charge in [-0.05, 0) is 45.6 Å². The summed E-state index contributed by atoms with van der Waals surface area (Å²) in [5.74, 6) is 0. The second-order valence-corrected chi connectivity index (χ2v) is 6.15. The molecule has 0 unspecified atom stereocenters. The lowest BCUT2D eigenvalue weighted by molar-refractivity contribution is 0.0527. The third-order valence-electron chi connectivity index (χ3n) is 2.91. The highest BCUT2D eigenvalue weighted by atomic mass is 16.6. The minimum atomic E-state index is -0.444. The van der Waals surface area contributed by atoms with Crippen LogP contribution in [0.5, 0.6) is 0 Å². The highest BCUT2D eigenvalue weighted by Crippen LogP contribution is 2.07. The van der Waals surface area contributed by atoms with Gasteiger partial charge in [0.25, 0.3) is 0 Å². The Morgan fingerprint density at radius 3 is 2.52 bits per heavy atom. The summed E-state index contributed by atoms with van der Waals surface area (Å²) in [5, 5.41) is 2.75. The highest BCUT2D eigenvalue weighted by molar-refractivity contribution is 5.67. The van der Waals surface area contributed by atoms with Crippen LogP contribution in [0.1, 0.15) is 52.0 Å². The number of hydrogen-bond donors (Lipinski definition) is 2. The highest BCUT2D eigenvalue weighted by Gasteiger charge is 2.15. The first-order chi connectivity index (χ1) is 9.87. The lowest BCUT2D eigenvalue weighted by Gasteiger charge is -2.19. The molecule has 118 valence electrons. The molecular formula is C16H26N2O3. The first-order valence-electron chi connectivity index (χ1n) is 7.51. The summed E-state index contributed by atoms with van der Waals surface area (Å²) < 4.78 is 5.15. The number of aromatic amines is 1. The molecule has 2 N–H and O–H groups in total. The van der Waals surface area contributed by atoms with Gasteiger partial charge in [-0.1, -0.05) is 18.9 Å². The first-order valence-corrected chi connectivity index (χ1v) is 7.51. The molecule has 0 atom stereocenters. The van der Waals surface area contributed by atoms with Crippen molar-refractivity contribution in [2.24, 2.45) is 0 Å². The smallest absolute Gasteiger partial charge is 0.407 e. The van der Waals surface area contributed by atoms with Gasteiger partial charge in [0.05, 0.1) is 0 Å². The van der Waals surface area contributed by atoms with Crippen LogP contribution in [0.3, 0.4) is 0 Å². The lowest BCUT2D eigenvalue weighted by Crippen LogP contribution is -2.32. The fourth-order valence-electron chi connectivity index (χ4n) is 1.91. The topological polar surface area (TPSA) is 71.2 Å². The van der Waals surface area contributed by atoms with Crippen LogP contribution in [0.15, 0.2) is 23.1 Å². The van der Waals surface area contributed by atoms with E-state index in [9.17, 15) is 9.59 Å². The minimum absolute atomic E-state index is 0.0630. The van der Waals surface area contributed by atoms with Crippen LogP contribution in [0.2, 0.25) is 0 Å². The van der Waals surface area contributed by atoms with Crippen molar-refractivity contribution in [1.82, 2.24) is 10.3 Å². The number of amides is 1. The molecule has 1 rings (SSSR count). The van der Waals surface area contributed by atoms with Crippen LogP contribution in [-0.2, 0) is 11.2 Å². The Bertz CT molecular complexity index is 469. The van der Waals surface area contributed by atoms with Crippen LogP contribution >= 0.6 is 0 Å². The van der Waals surface area contributed by atoms with Crippen molar-refractivity contribution in [3.63, 3.8) is 0 Å². The van der Waals surface area contributed by atoms with E-state index in [1.165, 1.54) is 0 Å². The lowest BCUT2D eigenvalue weighted by atomic mass is 10.1. The molecular weight excluding hydrogens is 268 g/mol. The van der Waals surface area contributed by atoms with Gasteiger partial charge in [-0.15, -0.1) is 0 Å². The predicted molar refractivity (Wildman–Crippen MR) is 83.5 cm³/mol. The Hall–Kier alpha value is -1.78. The SMILES string of the molecule is CC(C)(C)OC(=O)NCCCCCCc1ccc(=O)[nH]c1. The van der Waals surface area contributed by atoms with Crippen molar-refractivity contribution < 1.29 is 9.53 Å². The van der Waals surface area contributed by atoms with Crippen LogP contribution < -0.4 is 10.9 Å². The van der Waals surface area contributed by atoms with Crippen LogP contribution in [0, 0.1) is 0 Å². The summed E-state index contributed by atoms with van der Waals surface area (Å²) in [6.45, 7) is 6.20. The Labute approximate surface area is 126 Å². The molecule has 0 aliphatic carbocycles. The molecule has 0 saturated carbocycles. The van der Waals surface area contributed by atoms with Gasteiger partial charge < -0.3 is 15.0 Å². The van der Waals surface area contributed by atoms with Gasteiger partial charge in [0.1, 0.15) is 5.60 Å². The van der Waals surface area contributed by atoms with E-state index in [1.807, 2.05) is 26.8 Å². The van der Waals surface area contributed by atoms with Gasteiger partial charge in [0, 0.05) is 18.8 Å². The second kappa shape index (κ2) is 8.49. The molecule has 1 aromatic heterocycles. The molecule has 0 saturated heterocycles. The number of alkyl carbamates (subject to hydrolysis) is 1. The Morgan fingerprint density at radius 2 is 1.90 bits per heavy atom. The Morgan fingerprint density at radius 1 is 1.19 bits per heavy atom. The molecule has 0 spiro atoms. The van der Waals surface area contributed by atoms with E-state index in [1.54, 1.807) is 12.3 Å². The van der Waals surface area contributed by atoms with E-state index in [-0.39, 0.29) is 11.7 Å². The first kappa shape index (κ1) is 17.3. The van der Waals surface area contributed by atoms with Crippen molar-refractivity contribution in [3.05, 3.63) is 34.2 Å². The van der Waals surface area contributed by atoms with Gasteiger partial charge in [-0.25, -0.2) is 4.79 Å². The van der Waals surface area contributed by atoms with E-state index >= 15 is 0 Å². The van der Waals surface area contributed by atoms with Crippen LogP contribution in [-0.4, -0.2) is 23.2 Å². The monoisotopic (exact) mass is 294 g/mol. The maximum atomic E-state index is 11.4. The number of nitrogens with one attached hydrogen (secondary N) is 2. The zero-order valence-electron chi connectivity index (χ0n) is 13.2. The van der Waals surface area contributed by atoms with Crippen molar-refractivity contribution >= 4 is 6.09 Å². The summed E-state index contributed by atoms with van der Waals surface area (Å²) in [5.41, 5.74) is 0.647. The zero-order chi connectivity index (χ0) is 15.7. The van der Waals surface area contributed by atoms with E-state index < -0.39 is 5.60 Å². The Balaban J connectivity index is 2.01. The number of H-pyrrole nitrogens is 1. The molecule has 0 aliphatic heterocycles. The number of ether oxygens (including phenoxy) is 1. The van der Waals surface area contributed by atoms with E-state index in [0.29, 0.717) is 6.54 Å². The van der Waals surface area contributed by atoms with Crippen molar-refractivity contribution in [2.75, 3.05) is 6.54 Å². The molecule has 1 aromatic rings. The van der Waals surface area contributed by atoms with Crippen molar-refractivity contribution in [1.29, 1.82) is 0 Å². The standard InChI is InChI=1S/C16H26N2O3/c1-16(2,3)21-15(20)17-11-7-5-4-6-8-13-9-10-14(19)18-12-13/h9-10,12H,4-8,11H2,1-3H3,(H,17,20)(H,18,19). The van der Waals surface area contributed by atoms with Crippen molar-refractivity contribution in [2.45, 2.75) is 58.5 Å². The average molecular weight is 294 g/mol. The average Bonchev–Trinajstić information content (AvgIpc) is 2.37. The maximum Gasteiger partial charge on any atom is 0.407 e. The molecule has 21 heavy (non-hydrogen) atoms. The summed E-state index contributed by atoms with van der Waals surface area (Å²) in [6.07, 6.45) is 6.59. The quantitative estimate of drug-likeness (QED) is 0.759. The summed E-state index contributed by atoms with van der Waals surface area (Å²) in [6, 6.07) is 3.42. The number of pyridine rings is 1. The summed E-state index contributed by atoms with van der Waals surface area (Å²) in [7, 11) is 0. The van der Waals surface area contributed by atoms with E-state index in [2.05, 4.69) is 10.3 Å². The largest absolute Gasteiger partial charge is 0.444 e. The molecule has 5 nitrogen and oxygen atoms in total. The van der Waals surface area contributed by atoms with E-state index in [4.69, 9.17) is 4.74 Å². The number of carbonyl (C=O) groups is 1. The normalized spacial score (nSPS) is 11.2. The predicted octanol–water partition coefficient (Wildman–Crippen LogP) is 3.00. The third kappa shape index (κ3) is 8.89. The van der Waals surface area contributed by atoms with Gasteiger partial charge in [0.15, 0.2) is 0 Å². The summed E-state index contributed by atoms with van der Waals surface area (Å²) in [4.78, 5) is 25.0. The van der Waals surface area contributed by atoms with E-state index in [0.717, 1.165) is 37.7 Å². The number of carbonyl (C=O) groups excluding carboxylic acids is 1. The molecule has 0 aliphatic rings. The molecule has 0 aromatic carbocycles. The molecule has 1 amide bonds. The van der Waals surface area contributed by atoms with Gasteiger partial charge in [-0.3, -0.25) is 4.79 Å². The van der Waals surface area contributed by atoms with Crippen LogP contribution in [0.25, 0.3) is 0 Å². The number of unbranched alkanes of at least 4 members (excludes halogenated alkanes) is 3. The fraction of sp³-hybridized carbons (Fsp3) is 0.625. The second-order valence-electron chi connectivity index (χ2n) is 6.15. The molecule has 0 bridgehead atoms. The van der Waals surface area contributed by atoms with Gasteiger partial charge >= 0.3 is 6.09 Å². The third-order valence-corrected chi connectivity index (χ3v) is 2.91. The fourth-order valence-corrected chi connectivity index (χ4v) is 1.91. The Kier molecular flexibility index (Phi) is 6.99. The number of hydrogen-bond acceptors (Lipinski definition) is 3. The molecule has 0 radical (unpaired) electrons. The van der Waals surface area contributed by atoms with Crippen LogP contribution in [0.4, 0.5) is 4.79 Å². The number of aryl methyl sites for hydroxylation is 1. The molecule has 1 heterocycles. The molecule has 5 heteroatoms. The number of rotatable bonds is 7. The molecule has 0 fully saturated rings. The number of aromatic nitrogens is 1. The maximum absolute atomic E-state index is 11.4. The van der Waals surface area contributed by atoms with Gasteiger partial charge in [0.2, 0.25) is 5.56 Å². The zero-order valence-corrected chi connectivity index (χ0v) is 13.2. The minimum Gasteiger partial charge on any atom is -0.444 e. The van der Waals surface area contributed by atoms with Gasteiger partial charge in [-0.2, -0.15) is 0 Å². The summed E-state index contributed by atoms with van der Waals surface area (Å²) >= 11 is 0.